The normalized spacial score (nSPS) is 20.4. The lowest BCUT2D eigenvalue weighted by atomic mass is 10.1. The molecule has 1 atom stereocenters. The van der Waals surface area contributed by atoms with Crippen molar-refractivity contribution >= 4 is 21.4 Å². The Bertz CT molecular complexity index is 562. The van der Waals surface area contributed by atoms with Gasteiger partial charge in [-0.15, -0.1) is 0 Å². The second-order valence-electron chi connectivity index (χ2n) is 5.60. The van der Waals surface area contributed by atoms with Crippen LogP contribution in [-0.2, 0) is 9.84 Å². The van der Waals surface area contributed by atoms with Gasteiger partial charge >= 0.3 is 0 Å². The van der Waals surface area contributed by atoms with Crippen LogP contribution in [0.4, 0.5) is 0 Å². The van der Waals surface area contributed by atoms with Crippen molar-refractivity contribution in [2.75, 3.05) is 31.6 Å². The Labute approximate surface area is 132 Å². The molecule has 0 aliphatic carbocycles. The van der Waals surface area contributed by atoms with E-state index in [-0.39, 0.29) is 11.9 Å². The lowest BCUT2D eigenvalue weighted by Gasteiger charge is -2.33. The van der Waals surface area contributed by atoms with Gasteiger partial charge < -0.3 is 4.74 Å². The number of para-hydroxylation sites is 1. The molecule has 0 radical (unpaired) electrons. The molecule has 21 heavy (non-hydrogen) atoms. The quantitative estimate of drug-likeness (QED) is 0.804. The van der Waals surface area contributed by atoms with Crippen LogP contribution in [0.1, 0.15) is 19.3 Å². The molecule has 1 heterocycles. The largest absolute Gasteiger partial charge is 0.488 e. The molecule has 0 spiro atoms. The number of halogens is 1. The minimum Gasteiger partial charge on any atom is -0.488 e. The van der Waals surface area contributed by atoms with Crippen LogP contribution in [-0.4, -0.2) is 51.1 Å². The number of hydrogen-bond donors (Lipinski definition) is 0. The molecule has 2 rings (SSSR count). The number of sulfone groups is 1. The van der Waals surface area contributed by atoms with Crippen molar-refractivity contribution in [3.8, 4) is 5.75 Å². The molecule has 6 heteroatoms. The first kappa shape index (κ1) is 16.6. The highest BCUT2D eigenvalue weighted by Gasteiger charge is 2.21. The summed E-state index contributed by atoms with van der Waals surface area (Å²) in [6.45, 7) is 2.64. The molecule has 1 aromatic rings. The smallest absolute Gasteiger partial charge is 0.147 e. The Hall–Kier alpha value is -0.780. The van der Waals surface area contributed by atoms with Crippen LogP contribution in [0.5, 0.6) is 5.75 Å². The summed E-state index contributed by atoms with van der Waals surface area (Å²) < 4.78 is 28.3. The number of hydrogen-bond acceptors (Lipinski definition) is 4. The molecule has 1 aliphatic rings. The van der Waals surface area contributed by atoms with Crippen molar-refractivity contribution in [1.29, 1.82) is 0 Å². The average molecular weight is 332 g/mol. The third-order valence-electron chi connectivity index (χ3n) is 3.58. The zero-order valence-electron chi connectivity index (χ0n) is 12.3. The van der Waals surface area contributed by atoms with Crippen LogP contribution in [0.25, 0.3) is 0 Å². The highest BCUT2D eigenvalue weighted by Crippen LogP contribution is 2.26. The van der Waals surface area contributed by atoms with Gasteiger partial charge in [0, 0.05) is 12.8 Å². The van der Waals surface area contributed by atoms with Gasteiger partial charge in [0.15, 0.2) is 0 Å². The molecule has 1 saturated heterocycles. The Morgan fingerprint density at radius 1 is 1.38 bits per heavy atom. The standard InChI is InChI=1S/C15H22ClNO3S/c1-21(18,19)11-5-10-17-9-4-6-13(12-17)20-15-8-3-2-7-14(15)16/h2-3,7-8,13H,4-6,9-12H2,1H3. The van der Waals surface area contributed by atoms with E-state index in [1.54, 1.807) is 0 Å². The van der Waals surface area contributed by atoms with E-state index in [2.05, 4.69) is 4.90 Å². The summed E-state index contributed by atoms with van der Waals surface area (Å²) >= 11 is 6.11. The van der Waals surface area contributed by atoms with Crippen LogP contribution < -0.4 is 4.74 Å². The molecule has 1 fully saturated rings. The van der Waals surface area contributed by atoms with E-state index in [0.29, 0.717) is 11.4 Å². The fourth-order valence-corrected chi connectivity index (χ4v) is 3.42. The number of likely N-dealkylation sites (tertiary alicyclic amines) is 1. The molecule has 0 amide bonds. The molecule has 4 nitrogen and oxygen atoms in total. The Balaban J connectivity index is 1.82. The van der Waals surface area contributed by atoms with E-state index < -0.39 is 9.84 Å². The predicted molar refractivity (Wildman–Crippen MR) is 85.9 cm³/mol. The summed E-state index contributed by atoms with van der Waals surface area (Å²) in [6, 6.07) is 7.50. The van der Waals surface area contributed by atoms with Crippen molar-refractivity contribution in [2.45, 2.75) is 25.4 Å². The van der Waals surface area contributed by atoms with Crippen molar-refractivity contribution in [2.24, 2.45) is 0 Å². The highest BCUT2D eigenvalue weighted by atomic mass is 35.5. The van der Waals surface area contributed by atoms with Crippen LogP contribution >= 0.6 is 11.6 Å². The van der Waals surface area contributed by atoms with Gasteiger partial charge in [-0.25, -0.2) is 8.42 Å². The highest BCUT2D eigenvalue weighted by molar-refractivity contribution is 7.90. The summed E-state index contributed by atoms with van der Waals surface area (Å²) in [5.41, 5.74) is 0. The van der Waals surface area contributed by atoms with Gasteiger partial charge in [0.1, 0.15) is 21.7 Å². The van der Waals surface area contributed by atoms with Crippen LogP contribution in [0.2, 0.25) is 5.02 Å². The number of piperidine rings is 1. The molecule has 0 N–H and O–H groups in total. The first-order chi connectivity index (χ1) is 9.94. The predicted octanol–water partition coefficient (Wildman–Crippen LogP) is 2.62. The first-order valence-corrected chi connectivity index (χ1v) is 9.69. The van der Waals surface area contributed by atoms with Gasteiger partial charge in [0.2, 0.25) is 0 Å². The van der Waals surface area contributed by atoms with Gasteiger partial charge in [-0.2, -0.15) is 0 Å². The van der Waals surface area contributed by atoms with Crippen molar-refractivity contribution in [1.82, 2.24) is 4.90 Å². The van der Waals surface area contributed by atoms with E-state index in [4.69, 9.17) is 16.3 Å². The summed E-state index contributed by atoms with van der Waals surface area (Å²) in [7, 11) is -2.87. The van der Waals surface area contributed by atoms with E-state index in [1.165, 1.54) is 6.26 Å². The third-order valence-corrected chi connectivity index (χ3v) is 4.92. The number of benzene rings is 1. The SMILES string of the molecule is CS(=O)(=O)CCCN1CCCC(Oc2ccccc2Cl)C1. The molecule has 1 aliphatic heterocycles. The van der Waals surface area contributed by atoms with E-state index >= 15 is 0 Å². The van der Waals surface area contributed by atoms with Gasteiger partial charge in [-0.1, -0.05) is 23.7 Å². The third kappa shape index (κ3) is 5.85. The number of nitrogens with zero attached hydrogens (tertiary/aromatic N) is 1. The average Bonchev–Trinajstić information content (AvgIpc) is 2.40. The van der Waals surface area contributed by atoms with E-state index in [1.807, 2.05) is 24.3 Å². The topological polar surface area (TPSA) is 46.6 Å². The van der Waals surface area contributed by atoms with E-state index in [9.17, 15) is 8.42 Å². The Kier molecular flexibility index (Phi) is 5.90. The second kappa shape index (κ2) is 7.47. The minimum absolute atomic E-state index is 0.122. The fraction of sp³-hybridized carbons (Fsp3) is 0.600. The van der Waals surface area contributed by atoms with Gasteiger partial charge in [-0.3, -0.25) is 4.90 Å². The molecule has 1 unspecified atom stereocenters. The lowest BCUT2D eigenvalue weighted by Crippen LogP contribution is -2.41. The zero-order chi connectivity index (χ0) is 15.3. The molecule has 118 valence electrons. The zero-order valence-corrected chi connectivity index (χ0v) is 13.9. The maximum Gasteiger partial charge on any atom is 0.147 e. The maximum atomic E-state index is 11.2. The lowest BCUT2D eigenvalue weighted by molar-refractivity contribution is 0.0889. The van der Waals surface area contributed by atoms with Crippen LogP contribution in [0.15, 0.2) is 24.3 Å². The van der Waals surface area contributed by atoms with Gasteiger partial charge in [0.05, 0.1) is 10.8 Å². The Morgan fingerprint density at radius 3 is 2.86 bits per heavy atom. The summed E-state index contributed by atoms with van der Waals surface area (Å²) in [5, 5.41) is 0.631. The van der Waals surface area contributed by atoms with Crippen LogP contribution in [0, 0.1) is 0 Å². The summed E-state index contributed by atoms with van der Waals surface area (Å²) in [4.78, 5) is 2.27. The monoisotopic (exact) mass is 331 g/mol. The summed E-state index contributed by atoms with van der Waals surface area (Å²) in [6.07, 6.45) is 4.16. The Morgan fingerprint density at radius 2 is 2.14 bits per heavy atom. The summed E-state index contributed by atoms with van der Waals surface area (Å²) in [5.74, 6) is 0.974. The fourth-order valence-electron chi connectivity index (χ4n) is 2.58. The molecule has 1 aromatic carbocycles. The first-order valence-electron chi connectivity index (χ1n) is 7.25. The number of rotatable bonds is 6. The molecule has 0 bridgehead atoms. The maximum absolute atomic E-state index is 11.2. The van der Waals surface area contributed by atoms with E-state index in [0.717, 1.165) is 38.2 Å². The number of ether oxygens (including phenoxy) is 1. The minimum atomic E-state index is -2.87. The second-order valence-corrected chi connectivity index (χ2v) is 8.26. The van der Waals surface area contributed by atoms with Gasteiger partial charge in [-0.05, 0) is 44.5 Å². The van der Waals surface area contributed by atoms with Crippen molar-refractivity contribution in [3.05, 3.63) is 29.3 Å². The molecular formula is C15H22ClNO3S. The molecule has 0 saturated carbocycles. The molecular weight excluding hydrogens is 310 g/mol. The van der Waals surface area contributed by atoms with Crippen LogP contribution in [0.3, 0.4) is 0 Å². The van der Waals surface area contributed by atoms with Crippen molar-refractivity contribution in [3.63, 3.8) is 0 Å². The van der Waals surface area contributed by atoms with Gasteiger partial charge in [0.25, 0.3) is 0 Å². The van der Waals surface area contributed by atoms with Crippen molar-refractivity contribution < 1.29 is 13.2 Å². The molecule has 0 aromatic heterocycles.